The average Bonchev–Trinajstić information content (AvgIpc) is 2.43. The Kier molecular flexibility index (Phi) is 4.10. The Hall–Kier alpha value is -1.68. The zero-order chi connectivity index (χ0) is 13.0. The van der Waals surface area contributed by atoms with Gasteiger partial charge in [-0.25, -0.2) is 0 Å². The molecule has 4 nitrogen and oxygen atoms in total. The highest BCUT2D eigenvalue weighted by atomic mass is 35.5. The molecule has 1 atom stereocenters. The van der Waals surface area contributed by atoms with Crippen LogP contribution >= 0.6 is 11.6 Å². The Bertz CT molecular complexity index is 553. The van der Waals surface area contributed by atoms with Gasteiger partial charge in [0.1, 0.15) is 5.52 Å². The van der Waals surface area contributed by atoms with E-state index < -0.39 is 0 Å². The van der Waals surface area contributed by atoms with Gasteiger partial charge in [0.2, 0.25) is 0 Å². The number of rotatable bonds is 4. The Morgan fingerprint density at radius 1 is 1.39 bits per heavy atom. The number of benzene rings is 1. The number of para-hydroxylation sites is 1. The molecular formula is C13H14ClN3O. The third-order valence-electron chi connectivity index (χ3n) is 2.67. The van der Waals surface area contributed by atoms with E-state index in [1.165, 1.54) is 0 Å². The van der Waals surface area contributed by atoms with Crippen LogP contribution in [0.2, 0.25) is 0 Å². The van der Waals surface area contributed by atoms with E-state index in [1.807, 2.05) is 13.0 Å². The van der Waals surface area contributed by atoms with Crippen LogP contribution in [0.15, 0.2) is 30.6 Å². The molecule has 1 aromatic heterocycles. The van der Waals surface area contributed by atoms with Gasteiger partial charge in [-0.3, -0.25) is 14.8 Å². The monoisotopic (exact) mass is 263 g/mol. The summed E-state index contributed by atoms with van der Waals surface area (Å²) in [5, 5.41) is 2.76. The van der Waals surface area contributed by atoms with E-state index in [9.17, 15) is 4.79 Å². The van der Waals surface area contributed by atoms with Gasteiger partial charge in [-0.15, -0.1) is 11.6 Å². The van der Waals surface area contributed by atoms with Crippen molar-refractivity contribution in [2.45, 2.75) is 18.7 Å². The molecule has 0 fully saturated rings. The Morgan fingerprint density at radius 3 is 2.94 bits per heavy atom. The highest BCUT2D eigenvalue weighted by molar-refractivity contribution is 6.21. The van der Waals surface area contributed by atoms with Crippen LogP contribution in [-0.4, -0.2) is 27.8 Å². The third kappa shape index (κ3) is 2.76. The minimum absolute atomic E-state index is 0.0463. The summed E-state index contributed by atoms with van der Waals surface area (Å²) in [6.07, 6.45) is 4.00. The highest BCUT2D eigenvalue weighted by Gasteiger charge is 2.12. The largest absolute Gasteiger partial charge is 0.350 e. The molecule has 94 valence electrons. The number of nitrogens with zero attached hydrogens (tertiary/aromatic N) is 2. The minimum atomic E-state index is -0.166. The van der Waals surface area contributed by atoms with Crippen LogP contribution in [0, 0.1) is 0 Å². The Balaban J connectivity index is 2.22. The van der Waals surface area contributed by atoms with Crippen LogP contribution in [-0.2, 0) is 0 Å². The number of fused-ring (bicyclic) bond motifs is 1. The molecule has 1 unspecified atom stereocenters. The topological polar surface area (TPSA) is 54.9 Å². The van der Waals surface area contributed by atoms with E-state index >= 15 is 0 Å². The predicted octanol–water partition coefficient (Wildman–Crippen LogP) is 2.38. The van der Waals surface area contributed by atoms with Gasteiger partial charge in [-0.2, -0.15) is 0 Å². The van der Waals surface area contributed by atoms with Crippen molar-refractivity contribution in [3.63, 3.8) is 0 Å². The van der Waals surface area contributed by atoms with Crippen molar-refractivity contribution in [1.82, 2.24) is 15.3 Å². The Morgan fingerprint density at radius 2 is 2.17 bits per heavy atom. The zero-order valence-corrected chi connectivity index (χ0v) is 10.8. The Labute approximate surface area is 110 Å². The van der Waals surface area contributed by atoms with Crippen LogP contribution in [0.4, 0.5) is 0 Å². The van der Waals surface area contributed by atoms with Crippen molar-refractivity contribution in [3.8, 4) is 0 Å². The van der Waals surface area contributed by atoms with Crippen LogP contribution in [0.1, 0.15) is 23.7 Å². The van der Waals surface area contributed by atoms with E-state index in [2.05, 4.69) is 15.3 Å². The normalized spacial score (nSPS) is 12.3. The first kappa shape index (κ1) is 12.8. The van der Waals surface area contributed by atoms with Crippen LogP contribution in [0.3, 0.4) is 0 Å². The van der Waals surface area contributed by atoms with Gasteiger partial charge in [-0.1, -0.05) is 13.0 Å². The molecule has 1 N–H and O–H groups in total. The number of carbonyl (C=O) groups is 1. The van der Waals surface area contributed by atoms with Gasteiger partial charge in [0.05, 0.1) is 16.5 Å². The number of alkyl halides is 1. The van der Waals surface area contributed by atoms with Gasteiger partial charge < -0.3 is 5.32 Å². The summed E-state index contributed by atoms with van der Waals surface area (Å²) in [7, 11) is 0. The first-order valence-electron chi connectivity index (χ1n) is 5.84. The molecule has 5 heteroatoms. The fourth-order valence-corrected chi connectivity index (χ4v) is 1.70. The molecule has 1 aromatic carbocycles. The predicted molar refractivity (Wildman–Crippen MR) is 71.8 cm³/mol. The number of nitrogens with one attached hydrogen (secondary N) is 1. The lowest BCUT2D eigenvalue weighted by atomic mass is 10.1. The minimum Gasteiger partial charge on any atom is -0.350 e. The zero-order valence-electron chi connectivity index (χ0n) is 10.1. The van der Waals surface area contributed by atoms with Crippen molar-refractivity contribution in [3.05, 3.63) is 36.2 Å². The molecule has 0 saturated carbocycles. The molecule has 1 heterocycles. The van der Waals surface area contributed by atoms with Gasteiger partial charge in [-0.05, 0) is 18.6 Å². The summed E-state index contributed by atoms with van der Waals surface area (Å²) in [6.45, 7) is 2.43. The fourth-order valence-electron chi connectivity index (χ4n) is 1.62. The van der Waals surface area contributed by atoms with Crippen molar-refractivity contribution in [2.75, 3.05) is 6.54 Å². The van der Waals surface area contributed by atoms with Crippen molar-refractivity contribution >= 4 is 28.5 Å². The number of halogens is 1. The summed E-state index contributed by atoms with van der Waals surface area (Å²) in [5.74, 6) is -0.166. The molecule has 0 saturated heterocycles. The first-order valence-corrected chi connectivity index (χ1v) is 6.28. The van der Waals surface area contributed by atoms with Crippen LogP contribution in [0.5, 0.6) is 0 Å². The smallest absolute Gasteiger partial charge is 0.253 e. The number of hydrogen-bond donors (Lipinski definition) is 1. The summed E-state index contributed by atoms with van der Waals surface area (Å²) < 4.78 is 0. The molecule has 1 amide bonds. The molecule has 0 aliphatic rings. The number of amides is 1. The lowest BCUT2D eigenvalue weighted by molar-refractivity contribution is 0.0955. The highest BCUT2D eigenvalue weighted by Crippen LogP contribution is 2.13. The van der Waals surface area contributed by atoms with Gasteiger partial charge >= 0.3 is 0 Å². The summed E-state index contributed by atoms with van der Waals surface area (Å²) in [6, 6.07) is 5.36. The molecule has 0 bridgehead atoms. The maximum atomic E-state index is 12.0. The molecular weight excluding hydrogens is 250 g/mol. The quantitative estimate of drug-likeness (QED) is 0.862. The van der Waals surface area contributed by atoms with Gasteiger partial charge in [0.25, 0.3) is 5.91 Å². The number of hydrogen-bond acceptors (Lipinski definition) is 3. The first-order chi connectivity index (χ1) is 8.72. The lowest BCUT2D eigenvalue weighted by Gasteiger charge is -2.09. The summed E-state index contributed by atoms with van der Waals surface area (Å²) in [5.41, 5.74) is 1.85. The molecule has 2 rings (SSSR count). The standard InChI is InChI=1S/C13H14ClN3O/c1-2-9(14)8-17-13(18)10-4-3-5-11-12(10)16-7-6-15-11/h3-7,9H,2,8H2,1H3,(H,17,18). The fraction of sp³-hybridized carbons (Fsp3) is 0.308. The van der Waals surface area contributed by atoms with E-state index in [0.29, 0.717) is 23.1 Å². The van der Waals surface area contributed by atoms with E-state index in [1.54, 1.807) is 24.5 Å². The second kappa shape index (κ2) is 5.78. The molecule has 0 spiro atoms. The van der Waals surface area contributed by atoms with Crippen molar-refractivity contribution in [1.29, 1.82) is 0 Å². The second-order valence-electron chi connectivity index (χ2n) is 3.95. The SMILES string of the molecule is CCC(Cl)CNC(=O)c1cccc2nccnc12. The van der Waals surface area contributed by atoms with Gasteiger partial charge in [0.15, 0.2) is 0 Å². The van der Waals surface area contributed by atoms with Gasteiger partial charge in [0, 0.05) is 18.9 Å². The molecule has 18 heavy (non-hydrogen) atoms. The molecule has 0 aliphatic heterocycles. The van der Waals surface area contributed by atoms with E-state index in [4.69, 9.17) is 11.6 Å². The van der Waals surface area contributed by atoms with E-state index in [-0.39, 0.29) is 11.3 Å². The summed E-state index contributed by atoms with van der Waals surface area (Å²) >= 11 is 5.97. The maximum Gasteiger partial charge on any atom is 0.253 e. The third-order valence-corrected chi connectivity index (χ3v) is 3.13. The average molecular weight is 264 g/mol. The van der Waals surface area contributed by atoms with Crippen LogP contribution < -0.4 is 5.32 Å². The number of carbonyl (C=O) groups excluding carboxylic acids is 1. The summed E-state index contributed by atoms with van der Waals surface area (Å²) in [4.78, 5) is 20.4. The van der Waals surface area contributed by atoms with Crippen molar-refractivity contribution < 1.29 is 4.79 Å². The molecule has 2 aromatic rings. The maximum absolute atomic E-state index is 12.0. The molecule has 0 aliphatic carbocycles. The second-order valence-corrected chi connectivity index (χ2v) is 4.56. The molecule has 0 radical (unpaired) electrons. The number of aromatic nitrogens is 2. The van der Waals surface area contributed by atoms with Crippen LogP contribution in [0.25, 0.3) is 11.0 Å². The lowest BCUT2D eigenvalue weighted by Crippen LogP contribution is -2.29. The van der Waals surface area contributed by atoms with E-state index in [0.717, 1.165) is 6.42 Å². The van der Waals surface area contributed by atoms with Crippen molar-refractivity contribution in [2.24, 2.45) is 0 Å².